The summed E-state index contributed by atoms with van der Waals surface area (Å²) < 4.78 is 30.3. The van der Waals surface area contributed by atoms with Gasteiger partial charge in [-0.15, -0.1) is 0 Å². The van der Waals surface area contributed by atoms with Crippen LogP contribution in [0.2, 0.25) is 0 Å². The molecule has 0 aromatic heterocycles. The third-order valence-electron chi connectivity index (χ3n) is 2.87. The summed E-state index contributed by atoms with van der Waals surface area (Å²) in [6.45, 7) is 2.43. The zero-order valence-electron chi connectivity index (χ0n) is 7.86. The molecule has 5 heteroatoms. The molecular formula is C8H17NO3S. The van der Waals surface area contributed by atoms with Crippen LogP contribution in [0.5, 0.6) is 0 Å². The molecule has 0 heterocycles. The van der Waals surface area contributed by atoms with Gasteiger partial charge in [-0.05, 0) is 30.7 Å². The van der Waals surface area contributed by atoms with E-state index >= 15 is 0 Å². The normalized spacial score (nSPS) is 35.2. The molecule has 2 atom stereocenters. The predicted octanol–water partition coefficient (Wildman–Crippen LogP) is 0.639. The van der Waals surface area contributed by atoms with Crippen LogP contribution in [0.25, 0.3) is 0 Å². The molecule has 0 spiro atoms. The molecule has 0 aromatic carbocycles. The van der Waals surface area contributed by atoms with E-state index in [-0.39, 0.29) is 11.2 Å². The van der Waals surface area contributed by atoms with Crippen molar-refractivity contribution in [1.82, 2.24) is 0 Å². The highest BCUT2D eigenvalue weighted by Crippen LogP contribution is 2.41. The highest BCUT2D eigenvalue weighted by Gasteiger charge is 2.39. The summed E-state index contributed by atoms with van der Waals surface area (Å²) in [5.74, 6) is 0.339. The Morgan fingerprint density at radius 3 is 2.54 bits per heavy atom. The summed E-state index contributed by atoms with van der Waals surface area (Å²) in [6, 6.07) is 0. The van der Waals surface area contributed by atoms with E-state index in [0.717, 1.165) is 19.3 Å². The lowest BCUT2D eigenvalue weighted by molar-refractivity contribution is 0.327. The molecule has 4 nitrogen and oxygen atoms in total. The molecule has 78 valence electrons. The van der Waals surface area contributed by atoms with Crippen molar-refractivity contribution in [2.75, 3.05) is 12.3 Å². The van der Waals surface area contributed by atoms with Gasteiger partial charge >= 0.3 is 0 Å². The van der Waals surface area contributed by atoms with Gasteiger partial charge < -0.3 is 5.73 Å². The molecule has 0 amide bonds. The van der Waals surface area contributed by atoms with E-state index in [0.29, 0.717) is 12.5 Å². The van der Waals surface area contributed by atoms with Gasteiger partial charge in [-0.3, -0.25) is 4.55 Å². The second kappa shape index (κ2) is 3.55. The maximum absolute atomic E-state index is 10.8. The Labute approximate surface area is 79.3 Å². The smallest absolute Gasteiger partial charge is 0.265 e. The second-order valence-electron chi connectivity index (χ2n) is 4.28. The maximum atomic E-state index is 10.8. The molecule has 1 unspecified atom stereocenters. The van der Waals surface area contributed by atoms with Gasteiger partial charge in [0.15, 0.2) is 0 Å². The Morgan fingerprint density at radius 1 is 1.62 bits per heavy atom. The maximum Gasteiger partial charge on any atom is 0.265 e. The molecule has 1 fully saturated rings. The number of hydrogen-bond acceptors (Lipinski definition) is 3. The van der Waals surface area contributed by atoms with Crippen LogP contribution in [0.1, 0.15) is 26.2 Å². The van der Waals surface area contributed by atoms with E-state index in [9.17, 15) is 8.42 Å². The fraction of sp³-hybridized carbons (Fsp3) is 1.00. The standard InChI is InChI=1S/C8H17NO3S/c1-7-2-3-8(4-7,5-9)6-13(10,11)12/h7H,2-6,9H2,1H3,(H,10,11,12)/t7?,8-/m1/s1. The van der Waals surface area contributed by atoms with Crippen LogP contribution in [0.3, 0.4) is 0 Å². The average Bonchev–Trinajstić information content (AvgIpc) is 2.29. The first-order chi connectivity index (χ1) is 5.87. The van der Waals surface area contributed by atoms with Crippen LogP contribution < -0.4 is 5.73 Å². The van der Waals surface area contributed by atoms with Crippen LogP contribution in [0.15, 0.2) is 0 Å². The van der Waals surface area contributed by atoms with E-state index in [2.05, 4.69) is 6.92 Å². The Morgan fingerprint density at radius 2 is 2.23 bits per heavy atom. The summed E-state index contributed by atoms with van der Waals surface area (Å²) in [7, 11) is -3.88. The first-order valence-corrected chi connectivity index (χ1v) is 6.13. The molecular weight excluding hydrogens is 190 g/mol. The van der Waals surface area contributed by atoms with Crippen molar-refractivity contribution in [2.24, 2.45) is 17.1 Å². The summed E-state index contributed by atoms with van der Waals surface area (Å²) in [5.41, 5.74) is 5.19. The topological polar surface area (TPSA) is 80.4 Å². The molecule has 1 aliphatic carbocycles. The fourth-order valence-electron chi connectivity index (χ4n) is 2.26. The molecule has 3 N–H and O–H groups in total. The summed E-state index contributed by atoms with van der Waals surface area (Å²) in [5, 5.41) is 0. The second-order valence-corrected chi connectivity index (χ2v) is 5.73. The third-order valence-corrected chi connectivity index (χ3v) is 3.85. The first kappa shape index (κ1) is 10.9. The third kappa shape index (κ3) is 2.93. The Hall–Kier alpha value is -0.130. The molecule has 1 saturated carbocycles. The monoisotopic (exact) mass is 207 g/mol. The Bertz CT molecular complexity index is 275. The van der Waals surface area contributed by atoms with Crippen molar-refractivity contribution in [3.8, 4) is 0 Å². The minimum atomic E-state index is -3.88. The molecule has 13 heavy (non-hydrogen) atoms. The van der Waals surface area contributed by atoms with E-state index < -0.39 is 10.1 Å². The summed E-state index contributed by atoms with van der Waals surface area (Å²) >= 11 is 0. The van der Waals surface area contributed by atoms with Crippen LogP contribution in [-0.2, 0) is 10.1 Å². The van der Waals surface area contributed by atoms with E-state index in [4.69, 9.17) is 10.3 Å². The minimum absolute atomic E-state index is 0.180. The van der Waals surface area contributed by atoms with Crippen molar-refractivity contribution >= 4 is 10.1 Å². The number of rotatable bonds is 3. The van der Waals surface area contributed by atoms with Gasteiger partial charge in [0.25, 0.3) is 10.1 Å². The van der Waals surface area contributed by atoms with Crippen molar-refractivity contribution in [3.63, 3.8) is 0 Å². The van der Waals surface area contributed by atoms with Gasteiger partial charge in [-0.25, -0.2) is 0 Å². The minimum Gasteiger partial charge on any atom is -0.330 e. The lowest BCUT2D eigenvalue weighted by atomic mass is 9.88. The Kier molecular flexibility index (Phi) is 2.99. The van der Waals surface area contributed by atoms with Gasteiger partial charge in [-0.1, -0.05) is 13.3 Å². The van der Waals surface area contributed by atoms with Crippen LogP contribution in [0.4, 0.5) is 0 Å². The SMILES string of the molecule is CC1CC[C@@](CN)(CS(=O)(=O)O)C1. The highest BCUT2D eigenvalue weighted by molar-refractivity contribution is 7.85. The fourth-order valence-corrected chi connectivity index (χ4v) is 3.41. The van der Waals surface area contributed by atoms with E-state index in [1.165, 1.54) is 0 Å². The molecule has 0 aliphatic heterocycles. The molecule has 1 aliphatic rings. The van der Waals surface area contributed by atoms with Gasteiger partial charge in [0.1, 0.15) is 0 Å². The van der Waals surface area contributed by atoms with Crippen LogP contribution >= 0.6 is 0 Å². The molecule has 1 rings (SSSR count). The highest BCUT2D eigenvalue weighted by atomic mass is 32.2. The predicted molar refractivity (Wildman–Crippen MR) is 50.9 cm³/mol. The largest absolute Gasteiger partial charge is 0.330 e. The van der Waals surface area contributed by atoms with Crippen molar-refractivity contribution in [1.29, 1.82) is 0 Å². The van der Waals surface area contributed by atoms with Crippen molar-refractivity contribution in [2.45, 2.75) is 26.2 Å². The van der Waals surface area contributed by atoms with Gasteiger partial charge in [0, 0.05) is 0 Å². The van der Waals surface area contributed by atoms with Crippen LogP contribution in [0, 0.1) is 11.3 Å². The molecule has 0 bridgehead atoms. The van der Waals surface area contributed by atoms with Crippen molar-refractivity contribution in [3.05, 3.63) is 0 Å². The zero-order valence-corrected chi connectivity index (χ0v) is 8.68. The zero-order chi connectivity index (χ0) is 10.1. The van der Waals surface area contributed by atoms with Gasteiger partial charge in [0.05, 0.1) is 5.75 Å². The van der Waals surface area contributed by atoms with E-state index in [1.807, 2.05) is 0 Å². The number of hydrogen-bond donors (Lipinski definition) is 2. The lowest BCUT2D eigenvalue weighted by Gasteiger charge is -2.25. The van der Waals surface area contributed by atoms with Crippen molar-refractivity contribution < 1.29 is 13.0 Å². The van der Waals surface area contributed by atoms with E-state index in [1.54, 1.807) is 0 Å². The average molecular weight is 207 g/mol. The summed E-state index contributed by atoms with van der Waals surface area (Å²) in [4.78, 5) is 0. The molecule has 0 radical (unpaired) electrons. The molecule has 0 saturated heterocycles. The summed E-state index contributed by atoms with van der Waals surface area (Å²) in [6.07, 6.45) is 2.63. The molecule has 0 aromatic rings. The number of nitrogens with two attached hydrogens (primary N) is 1. The Balaban J connectivity index is 2.72. The van der Waals surface area contributed by atoms with Gasteiger partial charge in [0.2, 0.25) is 0 Å². The lowest BCUT2D eigenvalue weighted by Crippen LogP contribution is -2.35. The van der Waals surface area contributed by atoms with Gasteiger partial charge in [-0.2, -0.15) is 8.42 Å². The van der Waals surface area contributed by atoms with Crippen LogP contribution in [-0.4, -0.2) is 25.3 Å². The first-order valence-electron chi connectivity index (χ1n) is 4.52. The quantitative estimate of drug-likeness (QED) is 0.665.